The van der Waals surface area contributed by atoms with Crippen LogP contribution in [-0.4, -0.2) is 13.1 Å². The highest BCUT2D eigenvalue weighted by Crippen LogP contribution is 2.35. The summed E-state index contributed by atoms with van der Waals surface area (Å²) in [6, 6.07) is 8.81. The van der Waals surface area contributed by atoms with Crippen LogP contribution in [0.2, 0.25) is 0 Å². The van der Waals surface area contributed by atoms with E-state index in [1.54, 1.807) is 0 Å². The summed E-state index contributed by atoms with van der Waals surface area (Å²) in [6.07, 6.45) is 1.28. The Hall–Kier alpha value is -0.340. The molecule has 0 spiro atoms. The minimum atomic E-state index is 0.398. The van der Waals surface area contributed by atoms with Crippen molar-refractivity contribution in [2.75, 3.05) is 13.1 Å². The molecule has 0 radical (unpaired) electrons. The molecule has 1 aromatic rings. The van der Waals surface area contributed by atoms with Gasteiger partial charge in [0.25, 0.3) is 0 Å². The maximum Gasteiger partial charge on any atom is 0.0205 e. The van der Waals surface area contributed by atoms with Gasteiger partial charge in [-0.25, -0.2) is 0 Å². The van der Waals surface area contributed by atoms with E-state index in [1.807, 2.05) is 0 Å². The maximum absolute atomic E-state index is 3.49. The maximum atomic E-state index is 3.49. The van der Waals surface area contributed by atoms with Gasteiger partial charge in [0.1, 0.15) is 0 Å². The van der Waals surface area contributed by atoms with Crippen LogP contribution in [0.3, 0.4) is 0 Å². The molecular formula is C13H18BrN. The summed E-state index contributed by atoms with van der Waals surface area (Å²) in [5.74, 6) is 0.760. The number of hydrogen-bond acceptors (Lipinski definition) is 1. The molecule has 0 bridgehead atoms. The minimum Gasteiger partial charge on any atom is -0.315 e. The molecule has 0 aliphatic carbocycles. The normalized spacial score (nSPS) is 18.9. The van der Waals surface area contributed by atoms with Crippen LogP contribution in [0.1, 0.15) is 25.8 Å². The van der Waals surface area contributed by atoms with Crippen molar-refractivity contribution in [3.05, 3.63) is 34.3 Å². The lowest BCUT2D eigenvalue weighted by molar-refractivity contribution is 0.229. The number of rotatable bonds is 3. The monoisotopic (exact) mass is 267 g/mol. The number of benzene rings is 1. The van der Waals surface area contributed by atoms with E-state index in [2.05, 4.69) is 59.4 Å². The standard InChI is InChI=1S/C13H18BrN/c1-10(2)7-13(8-15-9-13)11-3-5-12(14)6-4-11/h3-6,10,15H,7-9H2,1-2H3. The molecule has 0 atom stereocenters. The second-order valence-corrected chi connectivity index (χ2v) is 5.90. The molecule has 1 nitrogen and oxygen atoms in total. The Labute approximate surface area is 100 Å². The Kier molecular flexibility index (Phi) is 3.17. The van der Waals surface area contributed by atoms with Crippen molar-refractivity contribution in [2.24, 2.45) is 5.92 Å². The molecule has 1 aliphatic heterocycles. The summed E-state index contributed by atoms with van der Waals surface area (Å²) in [4.78, 5) is 0. The molecule has 1 aliphatic rings. The van der Waals surface area contributed by atoms with Crippen LogP contribution in [0.5, 0.6) is 0 Å². The molecule has 2 heteroatoms. The van der Waals surface area contributed by atoms with E-state index < -0.39 is 0 Å². The molecule has 15 heavy (non-hydrogen) atoms. The van der Waals surface area contributed by atoms with Crippen molar-refractivity contribution < 1.29 is 0 Å². The Balaban J connectivity index is 2.22. The van der Waals surface area contributed by atoms with Crippen LogP contribution in [0, 0.1) is 5.92 Å². The fourth-order valence-electron chi connectivity index (χ4n) is 2.48. The summed E-state index contributed by atoms with van der Waals surface area (Å²) in [6.45, 7) is 6.87. The van der Waals surface area contributed by atoms with Crippen molar-refractivity contribution in [3.8, 4) is 0 Å². The van der Waals surface area contributed by atoms with Crippen LogP contribution in [-0.2, 0) is 5.41 Å². The fraction of sp³-hybridized carbons (Fsp3) is 0.538. The summed E-state index contributed by atoms with van der Waals surface area (Å²) < 4.78 is 1.17. The second-order valence-electron chi connectivity index (χ2n) is 4.99. The zero-order valence-corrected chi connectivity index (χ0v) is 11.0. The molecule has 0 amide bonds. The average Bonchev–Trinajstić information content (AvgIpc) is 2.13. The van der Waals surface area contributed by atoms with Gasteiger partial charge in [0.2, 0.25) is 0 Å². The van der Waals surface area contributed by atoms with Gasteiger partial charge in [-0.1, -0.05) is 41.9 Å². The molecule has 1 N–H and O–H groups in total. The summed E-state index contributed by atoms with van der Waals surface area (Å²) in [5.41, 5.74) is 1.88. The molecule has 0 unspecified atom stereocenters. The summed E-state index contributed by atoms with van der Waals surface area (Å²) in [7, 11) is 0. The van der Waals surface area contributed by atoms with E-state index in [-0.39, 0.29) is 0 Å². The van der Waals surface area contributed by atoms with Crippen molar-refractivity contribution in [3.63, 3.8) is 0 Å². The van der Waals surface area contributed by atoms with Crippen LogP contribution in [0.4, 0.5) is 0 Å². The molecule has 1 saturated heterocycles. The van der Waals surface area contributed by atoms with E-state index in [9.17, 15) is 0 Å². The highest BCUT2D eigenvalue weighted by molar-refractivity contribution is 9.10. The molecule has 0 aromatic heterocycles. The SMILES string of the molecule is CC(C)CC1(c2ccc(Br)cc2)CNC1. The quantitative estimate of drug-likeness (QED) is 0.886. The Morgan fingerprint density at radius 3 is 2.27 bits per heavy atom. The molecule has 82 valence electrons. The van der Waals surface area contributed by atoms with Crippen molar-refractivity contribution >= 4 is 15.9 Å². The predicted molar refractivity (Wildman–Crippen MR) is 68.1 cm³/mol. The molecule has 2 rings (SSSR count). The van der Waals surface area contributed by atoms with Crippen LogP contribution in [0.15, 0.2) is 28.7 Å². The Morgan fingerprint density at radius 2 is 1.87 bits per heavy atom. The summed E-state index contributed by atoms with van der Waals surface area (Å²) >= 11 is 3.49. The van der Waals surface area contributed by atoms with Gasteiger partial charge in [-0.2, -0.15) is 0 Å². The van der Waals surface area contributed by atoms with Crippen molar-refractivity contribution in [2.45, 2.75) is 25.7 Å². The van der Waals surface area contributed by atoms with Gasteiger partial charge in [0.05, 0.1) is 0 Å². The molecule has 0 saturated carbocycles. The van der Waals surface area contributed by atoms with Gasteiger partial charge in [0.15, 0.2) is 0 Å². The molecule has 1 heterocycles. The highest BCUT2D eigenvalue weighted by Gasteiger charge is 2.38. The third-order valence-electron chi connectivity index (χ3n) is 3.18. The topological polar surface area (TPSA) is 12.0 Å². The second kappa shape index (κ2) is 4.26. The zero-order chi connectivity index (χ0) is 10.9. The van der Waals surface area contributed by atoms with E-state index in [1.165, 1.54) is 16.5 Å². The van der Waals surface area contributed by atoms with Gasteiger partial charge in [-0.3, -0.25) is 0 Å². The first-order valence-electron chi connectivity index (χ1n) is 5.59. The number of nitrogens with one attached hydrogen (secondary N) is 1. The van der Waals surface area contributed by atoms with E-state index >= 15 is 0 Å². The zero-order valence-electron chi connectivity index (χ0n) is 9.39. The van der Waals surface area contributed by atoms with Gasteiger partial charge in [-0.05, 0) is 30.0 Å². The minimum absolute atomic E-state index is 0.398. The molecule has 1 aromatic carbocycles. The van der Waals surface area contributed by atoms with Crippen LogP contribution in [0.25, 0.3) is 0 Å². The first kappa shape index (κ1) is 11.2. The molecule has 1 fully saturated rings. The fourth-order valence-corrected chi connectivity index (χ4v) is 2.74. The third-order valence-corrected chi connectivity index (χ3v) is 3.71. The highest BCUT2D eigenvalue weighted by atomic mass is 79.9. The Morgan fingerprint density at radius 1 is 1.27 bits per heavy atom. The third kappa shape index (κ3) is 2.26. The lowest BCUT2D eigenvalue weighted by atomic mass is 9.70. The lowest BCUT2D eigenvalue weighted by Gasteiger charge is -2.44. The Bertz CT molecular complexity index is 325. The van der Waals surface area contributed by atoms with E-state index in [0.29, 0.717) is 5.41 Å². The van der Waals surface area contributed by atoms with E-state index in [4.69, 9.17) is 0 Å². The number of hydrogen-bond donors (Lipinski definition) is 1. The smallest absolute Gasteiger partial charge is 0.0205 e. The largest absolute Gasteiger partial charge is 0.315 e. The average molecular weight is 268 g/mol. The first-order chi connectivity index (χ1) is 7.12. The van der Waals surface area contributed by atoms with Gasteiger partial charge in [-0.15, -0.1) is 0 Å². The van der Waals surface area contributed by atoms with Gasteiger partial charge in [0, 0.05) is 23.0 Å². The lowest BCUT2D eigenvalue weighted by Crippen LogP contribution is -2.57. The van der Waals surface area contributed by atoms with Crippen molar-refractivity contribution in [1.29, 1.82) is 0 Å². The number of halogens is 1. The first-order valence-corrected chi connectivity index (χ1v) is 6.38. The van der Waals surface area contributed by atoms with Crippen LogP contribution < -0.4 is 5.32 Å². The predicted octanol–water partition coefficient (Wildman–Crippen LogP) is 3.34. The van der Waals surface area contributed by atoms with Gasteiger partial charge < -0.3 is 5.32 Å². The van der Waals surface area contributed by atoms with E-state index in [0.717, 1.165) is 19.0 Å². The van der Waals surface area contributed by atoms with Crippen LogP contribution >= 0.6 is 15.9 Å². The molecular weight excluding hydrogens is 250 g/mol. The summed E-state index contributed by atoms with van der Waals surface area (Å²) in [5, 5.41) is 3.41. The van der Waals surface area contributed by atoms with Gasteiger partial charge >= 0.3 is 0 Å². The van der Waals surface area contributed by atoms with Crippen molar-refractivity contribution in [1.82, 2.24) is 5.32 Å².